The lowest BCUT2D eigenvalue weighted by molar-refractivity contribution is -0.146. The number of carbonyl (C=O) groups is 2. The molecule has 2 aliphatic rings. The number of rotatable bonds is 3. The molecule has 1 aliphatic carbocycles. The van der Waals surface area contributed by atoms with Crippen molar-refractivity contribution in [3.05, 3.63) is 12.2 Å². The van der Waals surface area contributed by atoms with Gasteiger partial charge in [-0.05, 0) is 38.0 Å². The Morgan fingerprint density at radius 1 is 1.35 bits per heavy atom. The molecule has 0 spiro atoms. The summed E-state index contributed by atoms with van der Waals surface area (Å²) in [4.78, 5) is 25.4. The lowest BCUT2D eigenvalue weighted by Crippen LogP contribution is -2.48. The predicted molar refractivity (Wildman–Crippen MR) is 76.2 cm³/mol. The van der Waals surface area contributed by atoms with Gasteiger partial charge < -0.3 is 15.0 Å². The maximum atomic E-state index is 12.1. The number of hydrogen-bond acceptors (Lipinski definition) is 3. The highest BCUT2D eigenvalue weighted by molar-refractivity contribution is 5.77. The summed E-state index contributed by atoms with van der Waals surface area (Å²) in [5, 5.41) is 3.00. The van der Waals surface area contributed by atoms with Crippen LogP contribution in [0.5, 0.6) is 0 Å². The topological polar surface area (TPSA) is 58.6 Å². The number of allylic oxidation sites excluding steroid dienone is 2. The summed E-state index contributed by atoms with van der Waals surface area (Å²) < 4.78 is 4.77. The minimum Gasteiger partial charge on any atom is -0.469 e. The highest BCUT2D eigenvalue weighted by Gasteiger charge is 2.29. The molecule has 0 unspecified atom stereocenters. The second-order valence-corrected chi connectivity index (χ2v) is 5.64. The zero-order valence-electron chi connectivity index (χ0n) is 12.1. The zero-order chi connectivity index (χ0) is 14.4. The average molecular weight is 280 g/mol. The molecule has 2 atom stereocenters. The van der Waals surface area contributed by atoms with Crippen LogP contribution in [0.3, 0.4) is 0 Å². The SMILES string of the molecule is COC(=O)[C@@H]1CCCN(C(=O)NC[C@@H]2CC=CCC2)C1. The van der Waals surface area contributed by atoms with Crippen LogP contribution in [0.1, 0.15) is 32.1 Å². The highest BCUT2D eigenvalue weighted by atomic mass is 16.5. The van der Waals surface area contributed by atoms with Crippen LogP contribution >= 0.6 is 0 Å². The van der Waals surface area contributed by atoms with Crippen molar-refractivity contribution >= 4 is 12.0 Å². The van der Waals surface area contributed by atoms with Gasteiger partial charge >= 0.3 is 12.0 Å². The van der Waals surface area contributed by atoms with Gasteiger partial charge in [-0.1, -0.05) is 12.2 Å². The third kappa shape index (κ3) is 3.99. The van der Waals surface area contributed by atoms with E-state index in [9.17, 15) is 9.59 Å². The predicted octanol–water partition coefficient (Wildman–Crippen LogP) is 1.94. The van der Waals surface area contributed by atoms with E-state index in [4.69, 9.17) is 4.74 Å². The molecule has 1 saturated heterocycles. The van der Waals surface area contributed by atoms with Crippen LogP contribution in [-0.4, -0.2) is 43.6 Å². The Bertz CT molecular complexity index is 381. The van der Waals surface area contributed by atoms with Gasteiger partial charge in [-0.25, -0.2) is 4.79 Å². The molecule has 2 rings (SSSR count). The van der Waals surface area contributed by atoms with Crippen molar-refractivity contribution < 1.29 is 14.3 Å². The molecule has 0 radical (unpaired) electrons. The minimum absolute atomic E-state index is 0.0480. The molecule has 20 heavy (non-hydrogen) atoms. The molecular weight excluding hydrogens is 256 g/mol. The molecule has 2 amide bonds. The molecule has 0 aromatic rings. The van der Waals surface area contributed by atoms with Gasteiger partial charge in [-0.2, -0.15) is 0 Å². The van der Waals surface area contributed by atoms with Crippen LogP contribution in [0.25, 0.3) is 0 Å². The normalized spacial score (nSPS) is 26.1. The first-order valence-corrected chi connectivity index (χ1v) is 7.46. The number of likely N-dealkylation sites (tertiary alicyclic amines) is 1. The van der Waals surface area contributed by atoms with Crippen LogP contribution in [0.4, 0.5) is 4.79 Å². The van der Waals surface area contributed by atoms with Crippen molar-refractivity contribution in [2.75, 3.05) is 26.7 Å². The van der Waals surface area contributed by atoms with Gasteiger partial charge in [-0.3, -0.25) is 4.79 Å². The van der Waals surface area contributed by atoms with Crippen molar-refractivity contribution in [3.8, 4) is 0 Å². The summed E-state index contributed by atoms with van der Waals surface area (Å²) in [6, 6.07) is -0.0480. The van der Waals surface area contributed by atoms with E-state index >= 15 is 0 Å². The molecule has 5 nitrogen and oxygen atoms in total. The number of piperidine rings is 1. The maximum Gasteiger partial charge on any atom is 0.317 e. The summed E-state index contributed by atoms with van der Waals surface area (Å²) >= 11 is 0. The number of methoxy groups -OCH3 is 1. The van der Waals surface area contributed by atoms with E-state index < -0.39 is 0 Å². The molecule has 0 bridgehead atoms. The Labute approximate surface area is 120 Å². The fourth-order valence-corrected chi connectivity index (χ4v) is 2.91. The van der Waals surface area contributed by atoms with Crippen molar-refractivity contribution in [2.24, 2.45) is 11.8 Å². The van der Waals surface area contributed by atoms with Crippen molar-refractivity contribution in [3.63, 3.8) is 0 Å². The second kappa shape index (κ2) is 7.31. The number of ether oxygens (including phenoxy) is 1. The number of esters is 1. The van der Waals surface area contributed by atoms with Crippen LogP contribution < -0.4 is 5.32 Å². The van der Waals surface area contributed by atoms with E-state index in [0.717, 1.165) is 45.2 Å². The largest absolute Gasteiger partial charge is 0.469 e. The Kier molecular flexibility index (Phi) is 5.44. The number of carbonyl (C=O) groups excluding carboxylic acids is 2. The number of urea groups is 1. The standard InChI is InChI=1S/C15H24N2O3/c1-20-14(18)13-8-5-9-17(11-13)15(19)16-10-12-6-3-2-4-7-12/h2-3,12-13H,4-11H2,1H3,(H,16,19)/t12-,13-/m1/s1. The molecule has 0 aromatic carbocycles. The van der Waals surface area contributed by atoms with E-state index in [-0.39, 0.29) is 17.9 Å². The number of nitrogens with zero attached hydrogens (tertiary/aromatic N) is 1. The van der Waals surface area contributed by atoms with Crippen molar-refractivity contribution in [2.45, 2.75) is 32.1 Å². The first-order valence-electron chi connectivity index (χ1n) is 7.46. The Hall–Kier alpha value is -1.52. The number of amides is 2. The second-order valence-electron chi connectivity index (χ2n) is 5.64. The van der Waals surface area contributed by atoms with Gasteiger partial charge in [0.25, 0.3) is 0 Å². The smallest absolute Gasteiger partial charge is 0.317 e. The maximum absolute atomic E-state index is 12.1. The monoisotopic (exact) mass is 280 g/mol. The van der Waals surface area contributed by atoms with Gasteiger partial charge in [0, 0.05) is 19.6 Å². The Morgan fingerprint density at radius 2 is 2.20 bits per heavy atom. The molecule has 1 aliphatic heterocycles. The summed E-state index contributed by atoms with van der Waals surface area (Å²) in [5.41, 5.74) is 0. The van der Waals surface area contributed by atoms with Crippen molar-refractivity contribution in [1.82, 2.24) is 10.2 Å². The zero-order valence-corrected chi connectivity index (χ0v) is 12.1. The quantitative estimate of drug-likeness (QED) is 0.635. The van der Waals surface area contributed by atoms with E-state index in [1.54, 1.807) is 4.90 Å². The van der Waals surface area contributed by atoms with E-state index in [0.29, 0.717) is 12.5 Å². The van der Waals surface area contributed by atoms with Gasteiger partial charge in [0.05, 0.1) is 13.0 Å². The summed E-state index contributed by atoms with van der Waals surface area (Å²) in [6.45, 7) is 1.93. The van der Waals surface area contributed by atoms with E-state index in [2.05, 4.69) is 17.5 Å². The first-order chi connectivity index (χ1) is 9.70. The molecule has 1 heterocycles. The highest BCUT2D eigenvalue weighted by Crippen LogP contribution is 2.19. The molecule has 1 fully saturated rings. The summed E-state index contributed by atoms with van der Waals surface area (Å²) in [5.74, 6) is 0.169. The van der Waals surface area contributed by atoms with E-state index in [1.165, 1.54) is 7.11 Å². The summed E-state index contributed by atoms with van der Waals surface area (Å²) in [7, 11) is 1.40. The number of nitrogens with one attached hydrogen (secondary N) is 1. The molecular formula is C15H24N2O3. The van der Waals surface area contributed by atoms with Gasteiger partial charge in [0.15, 0.2) is 0 Å². The van der Waals surface area contributed by atoms with Gasteiger partial charge in [-0.15, -0.1) is 0 Å². The average Bonchev–Trinajstić information content (AvgIpc) is 2.53. The first kappa shape index (κ1) is 14.9. The molecule has 0 aromatic heterocycles. The van der Waals surface area contributed by atoms with Gasteiger partial charge in [0.1, 0.15) is 0 Å². The molecule has 112 valence electrons. The molecule has 1 N–H and O–H groups in total. The van der Waals surface area contributed by atoms with Crippen LogP contribution in [0.2, 0.25) is 0 Å². The van der Waals surface area contributed by atoms with Crippen LogP contribution in [0.15, 0.2) is 12.2 Å². The van der Waals surface area contributed by atoms with Gasteiger partial charge in [0.2, 0.25) is 0 Å². The van der Waals surface area contributed by atoms with E-state index in [1.807, 2.05) is 0 Å². The minimum atomic E-state index is -0.208. The lowest BCUT2D eigenvalue weighted by atomic mass is 9.94. The Morgan fingerprint density at radius 3 is 2.90 bits per heavy atom. The van der Waals surface area contributed by atoms with Crippen molar-refractivity contribution in [1.29, 1.82) is 0 Å². The third-order valence-electron chi connectivity index (χ3n) is 4.16. The molecule has 5 heteroatoms. The molecule has 0 saturated carbocycles. The lowest BCUT2D eigenvalue weighted by Gasteiger charge is -2.32. The van der Waals surface area contributed by atoms with Crippen LogP contribution in [-0.2, 0) is 9.53 Å². The Balaban J connectivity index is 1.76. The number of hydrogen-bond donors (Lipinski definition) is 1. The fourth-order valence-electron chi connectivity index (χ4n) is 2.91. The summed E-state index contributed by atoms with van der Waals surface area (Å²) in [6.07, 6.45) is 9.35. The fraction of sp³-hybridized carbons (Fsp3) is 0.733. The van der Waals surface area contributed by atoms with Crippen LogP contribution in [0, 0.1) is 11.8 Å². The third-order valence-corrected chi connectivity index (χ3v) is 4.16.